The fraction of sp³-hybridized carbons (Fsp3) is 0.895. The van der Waals surface area contributed by atoms with Gasteiger partial charge in [0.2, 0.25) is 0 Å². The molecule has 2 aliphatic heterocycles. The van der Waals surface area contributed by atoms with Gasteiger partial charge >= 0.3 is 5.97 Å². The Bertz CT molecular complexity index is 461. The molecule has 1 atom stereocenters. The lowest BCUT2D eigenvalue weighted by molar-refractivity contribution is -0.149. The van der Waals surface area contributed by atoms with Gasteiger partial charge in [-0.25, -0.2) is 0 Å². The lowest BCUT2D eigenvalue weighted by Gasteiger charge is -2.36. The second-order valence-corrected chi connectivity index (χ2v) is 7.40. The van der Waals surface area contributed by atoms with Crippen LogP contribution in [0, 0.1) is 5.92 Å². The molecular formula is C19H38IN5O2. The van der Waals surface area contributed by atoms with Gasteiger partial charge in [-0.1, -0.05) is 0 Å². The third-order valence-electron chi connectivity index (χ3n) is 5.42. The summed E-state index contributed by atoms with van der Waals surface area (Å²) in [5.41, 5.74) is 0. The smallest absolute Gasteiger partial charge is 0.309 e. The number of hydrogen-bond acceptors (Lipinski definition) is 5. The summed E-state index contributed by atoms with van der Waals surface area (Å²) < 4.78 is 5.17. The average molecular weight is 495 g/mol. The number of carbonyl (C=O) groups excluding carboxylic acids is 1. The van der Waals surface area contributed by atoms with E-state index in [1.165, 1.54) is 0 Å². The lowest BCUT2D eigenvalue weighted by atomic mass is 9.97. The van der Waals surface area contributed by atoms with E-state index in [1.807, 2.05) is 6.92 Å². The molecule has 0 saturated carbocycles. The third-order valence-corrected chi connectivity index (χ3v) is 5.42. The summed E-state index contributed by atoms with van der Waals surface area (Å²) in [5.74, 6) is 0.979. The van der Waals surface area contributed by atoms with Crippen LogP contribution in [-0.4, -0.2) is 98.7 Å². The van der Waals surface area contributed by atoms with Crippen LogP contribution in [0.3, 0.4) is 0 Å². The number of likely N-dealkylation sites (tertiary alicyclic amines) is 1. The predicted molar refractivity (Wildman–Crippen MR) is 121 cm³/mol. The molecule has 0 aromatic carbocycles. The van der Waals surface area contributed by atoms with Crippen LogP contribution in [0.2, 0.25) is 0 Å². The number of rotatable bonds is 6. The number of ether oxygens (including phenoxy) is 1. The van der Waals surface area contributed by atoms with E-state index in [4.69, 9.17) is 9.73 Å². The van der Waals surface area contributed by atoms with Gasteiger partial charge < -0.3 is 19.9 Å². The van der Waals surface area contributed by atoms with Crippen molar-refractivity contribution in [1.82, 2.24) is 20.0 Å². The van der Waals surface area contributed by atoms with E-state index in [-0.39, 0.29) is 35.9 Å². The van der Waals surface area contributed by atoms with Crippen molar-refractivity contribution in [2.75, 3.05) is 66.0 Å². The molecular weight excluding hydrogens is 457 g/mol. The Balaban J connectivity index is 0.00000364. The lowest BCUT2D eigenvalue weighted by Crippen LogP contribution is -2.50. The van der Waals surface area contributed by atoms with Crippen LogP contribution < -0.4 is 5.32 Å². The zero-order valence-electron chi connectivity index (χ0n) is 17.4. The van der Waals surface area contributed by atoms with Gasteiger partial charge in [0.15, 0.2) is 5.96 Å². The Kier molecular flexibility index (Phi) is 11.6. The number of nitrogens with one attached hydrogen (secondary N) is 1. The van der Waals surface area contributed by atoms with E-state index in [0.717, 1.165) is 71.2 Å². The first-order valence-electron chi connectivity index (χ1n) is 10.2. The first-order valence-corrected chi connectivity index (χ1v) is 10.2. The highest BCUT2D eigenvalue weighted by atomic mass is 127. The highest BCUT2D eigenvalue weighted by Gasteiger charge is 2.27. The number of esters is 1. The maximum atomic E-state index is 11.9. The van der Waals surface area contributed by atoms with E-state index in [0.29, 0.717) is 12.6 Å². The summed E-state index contributed by atoms with van der Waals surface area (Å²) in [6.45, 7) is 14.6. The summed E-state index contributed by atoms with van der Waals surface area (Å²) in [6.07, 6.45) is 1.69. The molecule has 7 nitrogen and oxygen atoms in total. The van der Waals surface area contributed by atoms with Crippen LogP contribution in [-0.2, 0) is 9.53 Å². The Morgan fingerprint density at radius 3 is 2.33 bits per heavy atom. The minimum Gasteiger partial charge on any atom is -0.466 e. The summed E-state index contributed by atoms with van der Waals surface area (Å²) in [5, 5.41) is 3.42. The Morgan fingerprint density at radius 2 is 1.78 bits per heavy atom. The number of likely N-dealkylation sites (N-methyl/N-ethyl adjacent to an activating group) is 1. The minimum absolute atomic E-state index is 0. The Labute approximate surface area is 181 Å². The topological polar surface area (TPSA) is 60.4 Å². The summed E-state index contributed by atoms with van der Waals surface area (Å²) in [7, 11) is 2.18. The average Bonchev–Trinajstić information content (AvgIpc) is 2.66. The fourth-order valence-electron chi connectivity index (χ4n) is 3.61. The number of hydrogen-bond donors (Lipinski definition) is 1. The van der Waals surface area contributed by atoms with Crippen LogP contribution in [0.4, 0.5) is 0 Å². The van der Waals surface area contributed by atoms with Crippen molar-refractivity contribution < 1.29 is 9.53 Å². The van der Waals surface area contributed by atoms with Gasteiger partial charge in [0, 0.05) is 51.9 Å². The summed E-state index contributed by atoms with van der Waals surface area (Å²) in [6, 6.07) is 0.453. The summed E-state index contributed by atoms with van der Waals surface area (Å²) in [4.78, 5) is 24.0. The van der Waals surface area contributed by atoms with Gasteiger partial charge in [-0.2, -0.15) is 0 Å². The molecule has 0 amide bonds. The van der Waals surface area contributed by atoms with E-state index < -0.39 is 0 Å². The Morgan fingerprint density at radius 1 is 1.15 bits per heavy atom. The minimum atomic E-state index is -0.0437. The third kappa shape index (κ3) is 7.73. The van der Waals surface area contributed by atoms with E-state index >= 15 is 0 Å². The number of guanidine groups is 1. The highest BCUT2D eigenvalue weighted by Crippen LogP contribution is 2.19. The molecule has 2 rings (SSSR count). The molecule has 2 aliphatic rings. The maximum Gasteiger partial charge on any atom is 0.309 e. The molecule has 158 valence electrons. The SMILES string of the molecule is CCNC(=NCC(C)N1CCN(C)CC1)N1CCC(C(=O)OCC)CC1.I. The molecule has 0 aromatic heterocycles. The van der Waals surface area contributed by atoms with Crippen LogP contribution in [0.25, 0.3) is 0 Å². The van der Waals surface area contributed by atoms with Crippen molar-refractivity contribution in [1.29, 1.82) is 0 Å². The standard InChI is InChI=1S/C19H37N5O2.HI/c1-5-20-19(21-15-16(3)23-13-11-22(4)12-14-23)24-9-7-17(8-10-24)18(25)26-6-2;/h16-17H,5-15H2,1-4H3,(H,20,21);1H. The molecule has 27 heavy (non-hydrogen) atoms. The van der Waals surface area contributed by atoms with Crippen molar-refractivity contribution in [2.24, 2.45) is 10.9 Å². The van der Waals surface area contributed by atoms with Gasteiger partial charge in [-0.15, -0.1) is 24.0 Å². The molecule has 8 heteroatoms. The molecule has 0 spiro atoms. The normalized spacial score (nSPS) is 21.5. The maximum absolute atomic E-state index is 11.9. The second kappa shape index (κ2) is 12.8. The van der Waals surface area contributed by atoms with Gasteiger partial charge in [-0.3, -0.25) is 14.7 Å². The number of aliphatic imine (C=N–C) groups is 1. The van der Waals surface area contributed by atoms with E-state index in [1.54, 1.807) is 0 Å². The van der Waals surface area contributed by atoms with Crippen LogP contribution >= 0.6 is 24.0 Å². The zero-order chi connectivity index (χ0) is 18.9. The van der Waals surface area contributed by atoms with Crippen molar-refractivity contribution in [3.8, 4) is 0 Å². The van der Waals surface area contributed by atoms with E-state index in [2.05, 4.69) is 40.9 Å². The fourth-order valence-corrected chi connectivity index (χ4v) is 3.61. The first-order chi connectivity index (χ1) is 12.5. The molecule has 2 fully saturated rings. The highest BCUT2D eigenvalue weighted by molar-refractivity contribution is 14.0. The molecule has 1 unspecified atom stereocenters. The van der Waals surface area contributed by atoms with Gasteiger partial charge in [0.05, 0.1) is 19.1 Å². The van der Waals surface area contributed by atoms with Gasteiger partial charge in [0.1, 0.15) is 0 Å². The monoisotopic (exact) mass is 495 g/mol. The molecule has 0 aliphatic carbocycles. The van der Waals surface area contributed by atoms with Crippen molar-refractivity contribution in [2.45, 2.75) is 39.7 Å². The van der Waals surface area contributed by atoms with Gasteiger partial charge in [0.25, 0.3) is 0 Å². The van der Waals surface area contributed by atoms with Crippen molar-refractivity contribution in [3.63, 3.8) is 0 Å². The predicted octanol–water partition coefficient (Wildman–Crippen LogP) is 1.48. The molecule has 0 aromatic rings. The van der Waals surface area contributed by atoms with E-state index in [9.17, 15) is 4.79 Å². The first kappa shape index (κ1) is 24.4. The number of piperazine rings is 1. The van der Waals surface area contributed by atoms with Crippen molar-refractivity contribution >= 4 is 35.9 Å². The van der Waals surface area contributed by atoms with Crippen LogP contribution in [0.15, 0.2) is 4.99 Å². The number of piperidine rings is 1. The number of nitrogens with zero attached hydrogens (tertiary/aromatic N) is 4. The molecule has 1 N–H and O–H groups in total. The Hall–Kier alpha value is -0.610. The molecule has 2 heterocycles. The van der Waals surface area contributed by atoms with Crippen LogP contribution in [0.1, 0.15) is 33.6 Å². The van der Waals surface area contributed by atoms with Crippen molar-refractivity contribution in [3.05, 3.63) is 0 Å². The second-order valence-electron chi connectivity index (χ2n) is 7.40. The number of halogens is 1. The van der Waals surface area contributed by atoms with Crippen LogP contribution in [0.5, 0.6) is 0 Å². The van der Waals surface area contributed by atoms with Gasteiger partial charge in [-0.05, 0) is 40.7 Å². The largest absolute Gasteiger partial charge is 0.466 e. The number of carbonyl (C=O) groups is 1. The molecule has 0 radical (unpaired) electrons. The summed E-state index contributed by atoms with van der Waals surface area (Å²) >= 11 is 0. The molecule has 0 bridgehead atoms. The molecule has 2 saturated heterocycles. The zero-order valence-corrected chi connectivity index (χ0v) is 19.8. The quantitative estimate of drug-likeness (QED) is 0.261.